The van der Waals surface area contributed by atoms with E-state index in [0.717, 1.165) is 10.7 Å². The van der Waals surface area contributed by atoms with Gasteiger partial charge >= 0.3 is 5.97 Å². The first kappa shape index (κ1) is 11.7. The molecule has 0 fully saturated rings. The second kappa shape index (κ2) is 5.05. The second-order valence-electron chi connectivity index (χ2n) is 3.63. The molecule has 4 nitrogen and oxygen atoms in total. The van der Waals surface area contributed by atoms with E-state index in [1.165, 1.54) is 11.3 Å². The number of hydrogen-bond donors (Lipinski definition) is 1. The number of nitrogens with zero attached hydrogens (tertiary/aromatic N) is 2. The number of thiazole rings is 1. The number of carboxylic acids is 1. The van der Waals surface area contributed by atoms with Gasteiger partial charge in [0.1, 0.15) is 4.88 Å². The Balaban J connectivity index is 2.11. The van der Waals surface area contributed by atoms with E-state index in [2.05, 4.69) is 9.97 Å². The van der Waals surface area contributed by atoms with Crippen molar-refractivity contribution in [2.24, 2.45) is 0 Å². The van der Waals surface area contributed by atoms with Crippen LogP contribution in [0.4, 0.5) is 0 Å². The summed E-state index contributed by atoms with van der Waals surface area (Å²) in [6.45, 7) is 1.82. The van der Waals surface area contributed by atoms with Crippen LogP contribution in [-0.4, -0.2) is 21.0 Å². The number of pyridine rings is 1. The van der Waals surface area contributed by atoms with Gasteiger partial charge in [-0.15, -0.1) is 11.3 Å². The maximum atomic E-state index is 11.0. The molecule has 0 aliphatic carbocycles. The van der Waals surface area contributed by atoms with Gasteiger partial charge in [-0.25, -0.2) is 9.78 Å². The molecule has 0 aromatic carbocycles. The van der Waals surface area contributed by atoms with Crippen LogP contribution in [0.5, 0.6) is 0 Å². The minimum atomic E-state index is -0.897. The molecule has 0 radical (unpaired) electrons. The quantitative estimate of drug-likeness (QED) is 0.902. The van der Waals surface area contributed by atoms with Crippen molar-refractivity contribution in [3.8, 4) is 0 Å². The summed E-state index contributed by atoms with van der Waals surface area (Å²) in [4.78, 5) is 19.8. The fourth-order valence-corrected chi connectivity index (χ4v) is 2.40. The van der Waals surface area contributed by atoms with Crippen molar-refractivity contribution in [1.29, 1.82) is 0 Å². The number of carboxylic acid groups (broad SMARTS) is 1. The number of aromatic nitrogens is 2. The molecule has 0 saturated heterocycles. The maximum Gasteiger partial charge on any atom is 0.347 e. The van der Waals surface area contributed by atoms with E-state index in [1.54, 1.807) is 6.20 Å². The first-order chi connectivity index (χ1) is 8.16. The number of hydrogen-bond acceptors (Lipinski definition) is 4. The second-order valence-corrected chi connectivity index (χ2v) is 4.84. The summed E-state index contributed by atoms with van der Waals surface area (Å²) in [6, 6.07) is 5.71. The molecule has 0 amide bonds. The Morgan fingerprint density at radius 3 is 2.88 bits per heavy atom. The molecule has 0 spiro atoms. The topological polar surface area (TPSA) is 63.1 Å². The number of carbonyl (C=O) groups is 1. The third-order valence-electron chi connectivity index (χ3n) is 2.34. The molecule has 0 bridgehead atoms. The molecule has 0 unspecified atom stereocenters. The van der Waals surface area contributed by atoms with Crippen LogP contribution in [0.1, 0.15) is 26.1 Å². The lowest BCUT2D eigenvalue weighted by Gasteiger charge is -1.99. The summed E-state index contributed by atoms with van der Waals surface area (Å²) in [6.07, 6.45) is 3.06. The Bertz CT molecular complexity index is 523. The average Bonchev–Trinajstić information content (AvgIpc) is 2.69. The van der Waals surface area contributed by atoms with Crippen LogP contribution in [0.25, 0.3) is 0 Å². The SMILES string of the molecule is Cc1nc(CCc2ccccn2)c(C(=O)O)s1. The summed E-state index contributed by atoms with van der Waals surface area (Å²) in [5.74, 6) is -0.897. The third-order valence-corrected chi connectivity index (χ3v) is 3.34. The van der Waals surface area contributed by atoms with Gasteiger partial charge in [0.15, 0.2) is 0 Å². The van der Waals surface area contributed by atoms with Gasteiger partial charge < -0.3 is 5.11 Å². The van der Waals surface area contributed by atoms with Crippen molar-refractivity contribution < 1.29 is 9.90 Å². The smallest absolute Gasteiger partial charge is 0.347 e. The van der Waals surface area contributed by atoms with E-state index in [-0.39, 0.29) is 0 Å². The number of aromatic carboxylic acids is 1. The van der Waals surface area contributed by atoms with Gasteiger partial charge in [0.2, 0.25) is 0 Å². The molecule has 2 aromatic rings. The molecule has 0 atom stereocenters. The van der Waals surface area contributed by atoms with Gasteiger partial charge in [0.05, 0.1) is 10.7 Å². The predicted octanol–water partition coefficient (Wildman–Crippen LogP) is 2.33. The molecular weight excluding hydrogens is 236 g/mol. The molecule has 1 N–H and O–H groups in total. The lowest BCUT2D eigenvalue weighted by molar-refractivity contribution is 0.0700. The zero-order valence-electron chi connectivity index (χ0n) is 9.38. The fraction of sp³-hybridized carbons (Fsp3) is 0.250. The number of aryl methyl sites for hydroxylation is 3. The van der Waals surface area contributed by atoms with Crippen molar-refractivity contribution in [3.05, 3.63) is 45.7 Å². The lowest BCUT2D eigenvalue weighted by Crippen LogP contribution is -2.01. The van der Waals surface area contributed by atoms with E-state index in [9.17, 15) is 4.79 Å². The maximum absolute atomic E-state index is 11.0. The van der Waals surface area contributed by atoms with Crippen LogP contribution < -0.4 is 0 Å². The van der Waals surface area contributed by atoms with Crippen molar-refractivity contribution in [1.82, 2.24) is 9.97 Å². The first-order valence-electron chi connectivity index (χ1n) is 5.26. The van der Waals surface area contributed by atoms with Crippen molar-refractivity contribution >= 4 is 17.3 Å². The van der Waals surface area contributed by atoms with Gasteiger partial charge in [-0.3, -0.25) is 4.98 Å². The van der Waals surface area contributed by atoms with Crippen LogP contribution in [0.2, 0.25) is 0 Å². The minimum absolute atomic E-state index is 0.346. The molecular formula is C12H12N2O2S. The van der Waals surface area contributed by atoms with Crippen LogP contribution >= 0.6 is 11.3 Å². The molecule has 0 aliphatic rings. The lowest BCUT2D eigenvalue weighted by atomic mass is 10.1. The van der Waals surface area contributed by atoms with Crippen molar-refractivity contribution in [2.75, 3.05) is 0 Å². The molecule has 2 heterocycles. The molecule has 2 rings (SSSR count). The predicted molar refractivity (Wildman–Crippen MR) is 65.5 cm³/mol. The Labute approximate surface area is 103 Å². The Kier molecular flexibility index (Phi) is 3.49. The van der Waals surface area contributed by atoms with E-state index < -0.39 is 5.97 Å². The zero-order valence-corrected chi connectivity index (χ0v) is 10.2. The van der Waals surface area contributed by atoms with Crippen molar-refractivity contribution in [3.63, 3.8) is 0 Å². The highest BCUT2D eigenvalue weighted by Gasteiger charge is 2.15. The van der Waals surface area contributed by atoms with Crippen LogP contribution in [-0.2, 0) is 12.8 Å². The zero-order chi connectivity index (χ0) is 12.3. The summed E-state index contributed by atoms with van der Waals surface area (Å²) < 4.78 is 0. The molecule has 17 heavy (non-hydrogen) atoms. The van der Waals surface area contributed by atoms with Crippen LogP contribution in [0, 0.1) is 6.92 Å². The Hall–Kier alpha value is -1.75. The van der Waals surface area contributed by atoms with Gasteiger partial charge in [-0.1, -0.05) is 6.07 Å². The van der Waals surface area contributed by atoms with E-state index in [4.69, 9.17) is 5.11 Å². The van der Waals surface area contributed by atoms with E-state index >= 15 is 0 Å². The highest BCUT2D eigenvalue weighted by atomic mass is 32.1. The van der Waals surface area contributed by atoms with Gasteiger partial charge in [0, 0.05) is 11.9 Å². The van der Waals surface area contributed by atoms with Crippen LogP contribution in [0.3, 0.4) is 0 Å². The third kappa shape index (κ3) is 2.88. The average molecular weight is 248 g/mol. The van der Waals surface area contributed by atoms with Gasteiger partial charge in [0.25, 0.3) is 0 Å². The van der Waals surface area contributed by atoms with Crippen LogP contribution in [0.15, 0.2) is 24.4 Å². The molecule has 0 saturated carbocycles. The Morgan fingerprint density at radius 2 is 2.24 bits per heavy atom. The monoisotopic (exact) mass is 248 g/mol. The van der Waals surface area contributed by atoms with E-state index in [0.29, 0.717) is 23.4 Å². The summed E-state index contributed by atoms with van der Waals surface area (Å²) in [5, 5.41) is 9.82. The molecule has 5 heteroatoms. The largest absolute Gasteiger partial charge is 0.477 e. The van der Waals surface area contributed by atoms with Gasteiger partial charge in [-0.2, -0.15) is 0 Å². The fourth-order valence-electron chi connectivity index (χ4n) is 1.60. The minimum Gasteiger partial charge on any atom is -0.477 e. The molecule has 0 aliphatic heterocycles. The first-order valence-corrected chi connectivity index (χ1v) is 6.08. The standard InChI is InChI=1S/C12H12N2O2S/c1-8-14-10(11(17-8)12(15)16)6-5-9-4-2-3-7-13-9/h2-4,7H,5-6H2,1H3,(H,15,16). The van der Waals surface area contributed by atoms with Gasteiger partial charge in [-0.05, 0) is 31.9 Å². The highest BCUT2D eigenvalue weighted by Crippen LogP contribution is 2.19. The van der Waals surface area contributed by atoms with E-state index in [1.807, 2.05) is 25.1 Å². The summed E-state index contributed by atoms with van der Waals surface area (Å²) in [7, 11) is 0. The van der Waals surface area contributed by atoms with Crippen molar-refractivity contribution in [2.45, 2.75) is 19.8 Å². The summed E-state index contributed by atoms with van der Waals surface area (Å²) >= 11 is 1.23. The molecule has 88 valence electrons. The normalized spacial score (nSPS) is 10.4. The highest BCUT2D eigenvalue weighted by molar-refractivity contribution is 7.13. The molecule has 2 aromatic heterocycles. The Morgan fingerprint density at radius 1 is 1.41 bits per heavy atom. The number of rotatable bonds is 4. The summed E-state index contributed by atoms with van der Waals surface area (Å²) in [5.41, 5.74) is 1.61.